The highest BCUT2D eigenvalue weighted by Gasteiger charge is 2.43. The second-order valence-electron chi connectivity index (χ2n) is 8.98. The Labute approximate surface area is 240 Å². The molecule has 5 rings (SSSR count). The largest absolute Gasteiger partial charge is 0.494 e. The van der Waals surface area contributed by atoms with Crippen molar-refractivity contribution in [3.8, 4) is 17.1 Å². The van der Waals surface area contributed by atoms with E-state index < -0.39 is 12.0 Å². The maximum absolute atomic E-state index is 12.0. The fraction of sp³-hybridized carbons (Fsp3) is 0.172. The van der Waals surface area contributed by atoms with Gasteiger partial charge in [-0.25, -0.2) is 4.79 Å². The van der Waals surface area contributed by atoms with Crippen molar-refractivity contribution >= 4 is 52.2 Å². The summed E-state index contributed by atoms with van der Waals surface area (Å²) in [7, 11) is 1.53. The number of nitrogens with one attached hydrogen (secondary N) is 2. The number of carbonyl (C=O) groups is 2. The highest BCUT2D eigenvalue weighted by molar-refractivity contribution is 7.80. The van der Waals surface area contributed by atoms with Gasteiger partial charge in [-0.3, -0.25) is 9.78 Å². The van der Waals surface area contributed by atoms with Gasteiger partial charge in [0.1, 0.15) is 23.3 Å². The number of carboxylic acids is 1. The maximum Gasteiger partial charge on any atom is 0.335 e. The summed E-state index contributed by atoms with van der Waals surface area (Å²) in [6.07, 6.45) is 2.04. The minimum Gasteiger partial charge on any atom is -0.494 e. The second-order valence-corrected chi connectivity index (χ2v) is 9.78. The average molecular weight is 577 g/mol. The third-order valence-corrected chi connectivity index (χ3v) is 7.20. The van der Waals surface area contributed by atoms with Crippen LogP contribution < -0.4 is 20.3 Å². The van der Waals surface area contributed by atoms with E-state index in [-0.39, 0.29) is 17.5 Å². The summed E-state index contributed by atoms with van der Waals surface area (Å²) in [6, 6.07) is 18.2. The number of aromatic carboxylic acids is 1. The Balaban J connectivity index is 1.59. The van der Waals surface area contributed by atoms with Gasteiger partial charge in [0.05, 0.1) is 35.1 Å². The number of carboxylic acid groups (broad SMARTS) is 1. The van der Waals surface area contributed by atoms with E-state index in [9.17, 15) is 14.7 Å². The van der Waals surface area contributed by atoms with Crippen LogP contribution in [0.5, 0.6) is 5.75 Å². The van der Waals surface area contributed by atoms with Crippen molar-refractivity contribution in [1.82, 2.24) is 10.3 Å². The van der Waals surface area contributed by atoms with E-state index in [4.69, 9.17) is 33.0 Å². The standard InChI is InChI=1S/C29H25ClN4O5S/c1-3-25(35)32-20-10-8-17(15-24(20)38-2)34-27(26(33-29(34)40)21-6-4-5-13-31-21)23-12-11-22(39-23)18-14-16(28(36)37)7-9-19(18)30/h4-15,26-27H,3H2,1-2H3,(H,32,35)(H,33,40)(H,36,37)/t26-,27-/m0/s1. The number of anilines is 2. The maximum atomic E-state index is 12.0. The molecule has 9 nitrogen and oxygen atoms in total. The summed E-state index contributed by atoms with van der Waals surface area (Å²) in [5.74, 6) is 0.239. The summed E-state index contributed by atoms with van der Waals surface area (Å²) in [5, 5.41) is 16.5. The summed E-state index contributed by atoms with van der Waals surface area (Å²) in [5.41, 5.74) is 2.55. The van der Waals surface area contributed by atoms with Gasteiger partial charge >= 0.3 is 5.97 Å². The molecule has 2 atom stereocenters. The van der Waals surface area contributed by atoms with Gasteiger partial charge in [-0.2, -0.15) is 0 Å². The molecule has 0 bridgehead atoms. The van der Waals surface area contributed by atoms with Gasteiger partial charge in [-0.05, 0) is 66.8 Å². The van der Waals surface area contributed by atoms with E-state index >= 15 is 0 Å². The Morgan fingerprint density at radius 2 is 2.00 bits per heavy atom. The first kappa shape index (κ1) is 27.2. The third kappa shape index (κ3) is 5.23. The molecule has 40 heavy (non-hydrogen) atoms. The number of amides is 1. The minimum absolute atomic E-state index is 0.0939. The van der Waals surface area contributed by atoms with Crippen molar-refractivity contribution in [3.05, 3.63) is 95.0 Å². The van der Waals surface area contributed by atoms with E-state index in [1.54, 1.807) is 31.3 Å². The number of benzene rings is 2. The number of thiocarbonyl (C=S) groups is 1. The molecule has 0 radical (unpaired) electrons. The van der Waals surface area contributed by atoms with Gasteiger partial charge in [0.25, 0.3) is 0 Å². The van der Waals surface area contributed by atoms with Crippen molar-refractivity contribution < 1.29 is 23.8 Å². The molecule has 2 aromatic heterocycles. The first-order chi connectivity index (χ1) is 19.3. The highest BCUT2D eigenvalue weighted by atomic mass is 35.5. The molecule has 204 valence electrons. The molecular formula is C29H25ClN4O5S. The molecular weight excluding hydrogens is 552 g/mol. The molecule has 3 heterocycles. The zero-order valence-corrected chi connectivity index (χ0v) is 23.1. The van der Waals surface area contributed by atoms with Crippen LogP contribution in [0.25, 0.3) is 11.3 Å². The number of pyridine rings is 1. The molecule has 0 unspecified atom stereocenters. The summed E-state index contributed by atoms with van der Waals surface area (Å²) in [6.45, 7) is 1.77. The van der Waals surface area contributed by atoms with Crippen LogP contribution in [0, 0.1) is 0 Å². The lowest BCUT2D eigenvalue weighted by atomic mass is 10.0. The van der Waals surface area contributed by atoms with E-state index in [0.29, 0.717) is 50.8 Å². The first-order valence-electron chi connectivity index (χ1n) is 12.4. The Bertz CT molecular complexity index is 1590. The van der Waals surface area contributed by atoms with Gasteiger partial charge < -0.3 is 29.8 Å². The van der Waals surface area contributed by atoms with Crippen molar-refractivity contribution in [1.29, 1.82) is 0 Å². The van der Waals surface area contributed by atoms with Crippen LogP contribution in [-0.2, 0) is 4.79 Å². The van der Waals surface area contributed by atoms with Gasteiger partial charge in [-0.1, -0.05) is 24.6 Å². The van der Waals surface area contributed by atoms with Gasteiger partial charge in [-0.15, -0.1) is 0 Å². The van der Waals surface area contributed by atoms with Crippen LogP contribution in [0.4, 0.5) is 11.4 Å². The molecule has 0 spiro atoms. The molecule has 1 aliphatic rings. The molecule has 3 N–H and O–H groups in total. The lowest BCUT2D eigenvalue weighted by molar-refractivity contribution is -0.115. The van der Waals surface area contributed by atoms with Crippen LogP contribution in [-0.4, -0.2) is 34.2 Å². The number of halogens is 1. The molecule has 0 aliphatic carbocycles. The number of hydrogen-bond acceptors (Lipinski definition) is 6. The number of hydrogen-bond donors (Lipinski definition) is 3. The smallest absolute Gasteiger partial charge is 0.335 e. The average Bonchev–Trinajstić information content (AvgIpc) is 3.58. The van der Waals surface area contributed by atoms with Gasteiger partial charge in [0.15, 0.2) is 5.11 Å². The van der Waals surface area contributed by atoms with Gasteiger partial charge in [0, 0.05) is 29.9 Å². The SMILES string of the molecule is CCC(=O)Nc1ccc(N2C(=S)N[C@@H](c3ccccn3)[C@@H]2c2ccc(-c3cc(C(=O)O)ccc3Cl)o2)cc1OC. The van der Waals surface area contributed by atoms with Crippen LogP contribution in [0.2, 0.25) is 5.02 Å². The van der Waals surface area contributed by atoms with Gasteiger partial charge in [0.2, 0.25) is 5.91 Å². The fourth-order valence-corrected chi connectivity index (χ4v) is 5.15. The predicted octanol–water partition coefficient (Wildman–Crippen LogP) is 6.23. The Kier molecular flexibility index (Phi) is 7.72. The van der Waals surface area contributed by atoms with Crippen LogP contribution in [0.3, 0.4) is 0 Å². The Morgan fingerprint density at radius 1 is 1.18 bits per heavy atom. The van der Waals surface area contributed by atoms with Crippen LogP contribution in [0.1, 0.15) is 47.2 Å². The summed E-state index contributed by atoms with van der Waals surface area (Å²) >= 11 is 12.2. The van der Waals surface area contributed by atoms with E-state index in [1.807, 2.05) is 35.2 Å². The third-order valence-electron chi connectivity index (χ3n) is 6.55. The number of carbonyl (C=O) groups excluding carboxylic acids is 1. The van der Waals surface area contributed by atoms with E-state index in [2.05, 4.69) is 15.6 Å². The van der Waals surface area contributed by atoms with Crippen LogP contribution >= 0.6 is 23.8 Å². The zero-order valence-electron chi connectivity index (χ0n) is 21.6. The first-order valence-corrected chi connectivity index (χ1v) is 13.2. The number of aromatic nitrogens is 1. The lowest BCUT2D eigenvalue weighted by Crippen LogP contribution is -2.29. The predicted molar refractivity (Wildman–Crippen MR) is 156 cm³/mol. The van der Waals surface area contributed by atoms with Crippen molar-refractivity contribution in [2.75, 3.05) is 17.3 Å². The molecule has 0 saturated carbocycles. The molecule has 4 aromatic rings. The van der Waals surface area contributed by atoms with E-state index in [1.165, 1.54) is 25.3 Å². The van der Waals surface area contributed by atoms with Crippen molar-refractivity contribution in [2.24, 2.45) is 0 Å². The number of nitrogens with zero attached hydrogens (tertiary/aromatic N) is 2. The lowest BCUT2D eigenvalue weighted by Gasteiger charge is -2.27. The Morgan fingerprint density at radius 3 is 2.70 bits per heavy atom. The van der Waals surface area contributed by atoms with Crippen molar-refractivity contribution in [3.63, 3.8) is 0 Å². The quantitative estimate of drug-likeness (QED) is 0.210. The number of methoxy groups -OCH3 is 1. The fourth-order valence-electron chi connectivity index (χ4n) is 4.60. The molecule has 1 saturated heterocycles. The normalized spacial score (nSPS) is 16.5. The summed E-state index contributed by atoms with van der Waals surface area (Å²) < 4.78 is 11.9. The number of ether oxygens (including phenoxy) is 1. The van der Waals surface area contributed by atoms with Crippen LogP contribution in [0.15, 0.2) is 77.3 Å². The minimum atomic E-state index is -1.07. The highest BCUT2D eigenvalue weighted by Crippen LogP contribution is 2.45. The molecule has 1 fully saturated rings. The number of rotatable bonds is 8. The van der Waals surface area contributed by atoms with Crippen molar-refractivity contribution in [2.45, 2.75) is 25.4 Å². The van der Waals surface area contributed by atoms with E-state index in [0.717, 1.165) is 5.69 Å². The monoisotopic (exact) mass is 576 g/mol. The molecule has 11 heteroatoms. The number of furan rings is 1. The topological polar surface area (TPSA) is 117 Å². The molecule has 1 aliphatic heterocycles. The summed E-state index contributed by atoms with van der Waals surface area (Å²) in [4.78, 5) is 30.0. The Hall–Kier alpha value is -4.41. The molecule has 2 aromatic carbocycles. The second kappa shape index (κ2) is 11.4. The molecule has 1 amide bonds. The zero-order chi connectivity index (χ0) is 28.4.